The minimum Gasteiger partial charge on any atom is -0.394 e. The van der Waals surface area contributed by atoms with E-state index in [0.29, 0.717) is 11.2 Å². The fraction of sp³-hybridized carbons (Fsp3) is 0.667. The Hall–Kier alpha value is -2.18. The fourth-order valence-electron chi connectivity index (χ4n) is 3.56. The molecule has 2 aromatic rings. The number of hydrogen-bond acceptors (Lipinski definition) is 10. The standard InChI is InChI=1S/C18H25N5O6/c1-17(2,3)10(25)5-18(26-4)28-12-9(6-24)27-16(13(12)29-18)23-8-22-11-14(19)20-7-21-15(11)23/h7-9,12-13,16,24H,5-6H2,1-4H3,(H2,19,20,21)/t9-,12-,13-,16-,18?/m1/s1. The zero-order valence-corrected chi connectivity index (χ0v) is 16.7. The number of methoxy groups -OCH3 is 1. The van der Waals surface area contributed by atoms with E-state index in [1.807, 2.05) is 20.8 Å². The monoisotopic (exact) mass is 407 g/mol. The summed E-state index contributed by atoms with van der Waals surface area (Å²) in [6, 6.07) is 0. The number of imidazole rings is 1. The second kappa shape index (κ2) is 6.96. The van der Waals surface area contributed by atoms with Crippen molar-refractivity contribution in [1.29, 1.82) is 0 Å². The molecule has 0 aliphatic carbocycles. The largest absolute Gasteiger partial charge is 0.394 e. The first-order valence-electron chi connectivity index (χ1n) is 9.32. The molecule has 11 nitrogen and oxygen atoms in total. The third kappa shape index (κ3) is 3.28. The summed E-state index contributed by atoms with van der Waals surface area (Å²) < 4.78 is 25.2. The lowest BCUT2D eigenvalue weighted by atomic mass is 9.88. The highest BCUT2D eigenvalue weighted by Gasteiger charge is 2.60. The Morgan fingerprint density at radius 1 is 1.31 bits per heavy atom. The van der Waals surface area contributed by atoms with Crippen LogP contribution in [0.4, 0.5) is 5.82 Å². The Balaban J connectivity index is 1.67. The van der Waals surface area contributed by atoms with Crippen molar-refractivity contribution in [3.8, 4) is 0 Å². The zero-order valence-electron chi connectivity index (χ0n) is 16.7. The van der Waals surface area contributed by atoms with E-state index in [1.165, 1.54) is 19.8 Å². The molecule has 0 saturated carbocycles. The molecule has 4 heterocycles. The molecular weight excluding hydrogens is 382 g/mol. The average molecular weight is 407 g/mol. The van der Waals surface area contributed by atoms with Crippen molar-refractivity contribution in [2.24, 2.45) is 5.41 Å². The van der Waals surface area contributed by atoms with Gasteiger partial charge in [-0.05, 0) is 0 Å². The lowest BCUT2D eigenvalue weighted by molar-refractivity contribution is -0.346. The second-order valence-electron chi connectivity index (χ2n) is 8.23. The number of nitrogen functional groups attached to an aromatic ring is 1. The van der Waals surface area contributed by atoms with Gasteiger partial charge in [0.2, 0.25) is 0 Å². The van der Waals surface area contributed by atoms with Gasteiger partial charge in [-0.1, -0.05) is 20.8 Å². The molecule has 2 aliphatic heterocycles. The molecule has 158 valence electrons. The van der Waals surface area contributed by atoms with Gasteiger partial charge in [0, 0.05) is 12.5 Å². The molecule has 2 fully saturated rings. The highest BCUT2D eigenvalue weighted by Crippen LogP contribution is 2.46. The van der Waals surface area contributed by atoms with Gasteiger partial charge in [-0.25, -0.2) is 15.0 Å². The number of hydrogen-bond donors (Lipinski definition) is 2. The van der Waals surface area contributed by atoms with Crippen LogP contribution in [0, 0.1) is 5.41 Å². The van der Waals surface area contributed by atoms with E-state index in [4.69, 9.17) is 24.7 Å². The van der Waals surface area contributed by atoms with Crippen molar-refractivity contribution in [2.75, 3.05) is 19.5 Å². The summed E-state index contributed by atoms with van der Waals surface area (Å²) in [6.07, 6.45) is 0.0711. The van der Waals surface area contributed by atoms with Gasteiger partial charge in [0.25, 0.3) is 5.97 Å². The van der Waals surface area contributed by atoms with Crippen molar-refractivity contribution >= 4 is 22.8 Å². The summed E-state index contributed by atoms with van der Waals surface area (Å²) in [7, 11) is 1.42. The van der Waals surface area contributed by atoms with Crippen LogP contribution in [0.25, 0.3) is 11.2 Å². The first kappa shape index (κ1) is 20.1. The number of rotatable bonds is 5. The number of anilines is 1. The summed E-state index contributed by atoms with van der Waals surface area (Å²) in [4.78, 5) is 25.0. The van der Waals surface area contributed by atoms with Gasteiger partial charge in [-0.3, -0.25) is 9.36 Å². The van der Waals surface area contributed by atoms with Gasteiger partial charge in [-0.15, -0.1) is 0 Å². The maximum Gasteiger partial charge on any atom is 0.290 e. The van der Waals surface area contributed by atoms with E-state index in [0.717, 1.165) is 0 Å². The summed E-state index contributed by atoms with van der Waals surface area (Å²) in [6.45, 7) is 5.16. The molecule has 11 heteroatoms. The number of fused-ring (bicyclic) bond motifs is 2. The SMILES string of the molecule is COC1(CC(=O)C(C)(C)C)O[C@@H]2[C@H](O1)[C@@H](CO)O[C@H]2n1cnc2c(N)ncnc21. The predicted molar refractivity (Wildman–Crippen MR) is 99.3 cm³/mol. The Labute approximate surface area is 167 Å². The number of carbonyl (C=O) groups is 1. The molecule has 3 N–H and O–H groups in total. The average Bonchev–Trinajstić information content (AvgIpc) is 3.33. The van der Waals surface area contributed by atoms with Gasteiger partial charge >= 0.3 is 0 Å². The van der Waals surface area contributed by atoms with Crippen LogP contribution in [0.5, 0.6) is 0 Å². The van der Waals surface area contributed by atoms with E-state index < -0.39 is 35.9 Å². The highest BCUT2D eigenvalue weighted by molar-refractivity contribution is 5.84. The van der Waals surface area contributed by atoms with Gasteiger partial charge < -0.3 is 29.8 Å². The minimum atomic E-state index is -1.56. The molecule has 4 rings (SSSR count). The summed E-state index contributed by atoms with van der Waals surface area (Å²) in [5.41, 5.74) is 6.17. The van der Waals surface area contributed by atoms with Crippen LogP contribution in [-0.4, -0.2) is 68.4 Å². The Morgan fingerprint density at radius 3 is 2.69 bits per heavy atom. The van der Waals surface area contributed by atoms with Gasteiger partial charge in [-0.2, -0.15) is 0 Å². The maximum atomic E-state index is 12.6. The van der Waals surface area contributed by atoms with Crippen LogP contribution in [0.3, 0.4) is 0 Å². The third-order valence-electron chi connectivity index (χ3n) is 5.28. The number of ether oxygens (including phenoxy) is 4. The van der Waals surface area contributed by atoms with Crippen molar-refractivity contribution in [2.45, 2.75) is 57.7 Å². The number of nitrogens with zero attached hydrogens (tertiary/aromatic N) is 4. The van der Waals surface area contributed by atoms with Crippen LogP contribution >= 0.6 is 0 Å². The molecule has 0 aromatic carbocycles. The number of nitrogens with two attached hydrogens (primary N) is 1. The number of aliphatic hydroxyl groups excluding tert-OH is 1. The predicted octanol–water partition coefficient (Wildman–Crippen LogP) is 0.388. The highest BCUT2D eigenvalue weighted by atomic mass is 16.9. The van der Waals surface area contributed by atoms with Crippen LogP contribution in [0.15, 0.2) is 12.7 Å². The van der Waals surface area contributed by atoms with Crippen LogP contribution in [0.2, 0.25) is 0 Å². The summed E-state index contributed by atoms with van der Waals surface area (Å²) in [5.74, 6) is -1.39. The third-order valence-corrected chi connectivity index (χ3v) is 5.28. The number of Topliss-reactive ketones (excluding diaryl/α,β-unsaturated/α-hetero) is 1. The Morgan fingerprint density at radius 2 is 2.03 bits per heavy atom. The number of aromatic nitrogens is 4. The first-order valence-corrected chi connectivity index (χ1v) is 9.32. The number of aliphatic hydroxyl groups is 1. The lowest BCUT2D eigenvalue weighted by Gasteiger charge is -2.31. The van der Waals surface area contributed by atoms with Gasteiger partial charge in [0.1, 0.15) is 35.9 Å². The van der Waals surface area contributed by atoms with Gasteiger partial charge in [0.05, 0.1) is 19.4 Å². The molecule has 0 bridgehead atoms. The first-order chi connectivity index (χ1) is 13.7. The molecule has 5 atom stereocenters. The molecule has 2 aliphatic rings. The summed E-state index contributed by atoms with van der Waals surface area (Å²) >= 11 is 0. The summed E-state index contributed by atoms with van der Waals surface area (Å²) in [5, 5.41) is 9.80. The van der Waals surface area contributed by atoms with Crippen molar-refractivity contribution < 1.29 is 28.8 Å². The smallest absolute Gasteiger partial charge is 0.290 e. The Bertz CT molecular complexity index is 927. The van der Waals surface area contributed by atoms with E-state index in [-0.39, 0.29) is 24.6 Å². The maximum absolute atomic E-state index is 12.6. The molecule has 0 spiro atoms. The molecule has 2 saturated heterocycles. The van der Waals surface area contributed by atoms with E-state index in [2.05, 4.69) is 15.0 Å². The quantitative estimate of drug-likeness (QED) is 0.714. The molecule has 0 amide bonds. The van der Waals surface area contributed by atoms with Crippen molar-refractivity contribution in [1.82, 2.24) is 19.5 Å². The van der Waals surface area contributed by atoms with E-state index in [9.17, 15) is 9.90 Å². The lowest BCUT2D eigenvalue weighted by Crippen LogP contribution is -2.41. The Kier molecular flexibility index (Phi) is 4.82. The number of carbonyl (C=O) groups excluding carboxylic acids is 1. The molecule has 2 aromatic heterocycles. The zero-order chi connectivity index (χ0) is 21.0. The van der Waals surface area contributed by atoms with Gasteiger partial charge in [0.15, 0.2) is 17.7 Å². The van der Waals surface area contributed by atoms with E-state index >= 15 is 0 Å². The van der Waals surface area contributed by atoms with E-state index in [1.54, 1.807) is 4.57 Å². The molecule has 29 heavy (non-hydrogen) atoms. The minimum absolute atomic E-state index is 0.0778. The molecular formula is C18H25N5O6. The van der Waals surface area contributed by atoms with Crippen LogP contribution < -0.4 is 5.73 Å². The second-order valence-corrected chi connectivity index (χ2v) is 8.23. The van der Waals surface area contributed by atoms with Crippen molar-refractivity contribution in [3.05, 3.63) is 12.7 Å². The van der Waals surface area contributed by atoms with Crippen LogP contribution in [-0.2, 0) is 23.7 Å². The fourth-order valence-corrected chi connectivity index (χ4v) is 3.56. The normalized spacial score (nSPS) is 32.0. The number of ketones is 1. The molecule has 1 unspecified atom stereocenters. The molecule has 0 radical (unpaired) electrons. The topological polar surface area (TPSA) is 144 Å². The van der Waals surface area contributed by atoms with Crippen molar-refractivity contribution in [3.63, 3.8) is 0 Å². The van der Waals surface area contributed by atoms with Crippen LogP contribution in [0.1, 0.15) is 33.4 Å².